The summed E-state index contributed by atoms with van der Waals surface area (Å²) in [5.41, 5.74) is 5.42. The van der Waals surface area contributed by atoms with Crippen LogP contribution < -0.4 is 10.3 Å². The fourth-order valence-corrected chi connectivity index (χ4v) is 4.41. The van der Waals surface area contributed by atoms with E-state index in [1.807, 2.05) is 38.1 Å². The molecule has 1 aliphatic heterocycles. The van der Waals surface area contributed by atoms with Gasteiger partial charge in [0.05, 0.1) is 23.4 Å². The standard InChI is InChI=1S/C27H28N4O5/c1-16(2)25(24-11-17(3)29-36-24)27(34)31-15-21(32)13-23(31)26(33)30-35-22-9-7-19(8-10-22)20-6-4-5-18(12-20)14-28/h4-12,16,21,23,25,32H,13,15H2,1-3H3,(H,30,33)/t21-,23+,25+/m1/s1. The van der Waals surface area contributed by atoms with Crippen LogP contribution >= 0.6 is 0 Å². The van der Waals surface area contributed by atoms with Crippen molar-refractivity contribution in [2.45, 2.75) is 45.3 Å². The number of nitriles is 1. The monoisotopic (exact) mass is 488 g/mol. The molecule has 1 saturated heterocycles. The lowest BCUT2D eigenvalue weighted by Crippen LogP contribution is -2.48. The molecule has 0 radical (unpaired) electrons. The Balaban J connectivity index is 1.43. The number of aryl methyl sites for hydroxylation is 1. The number of rotatable bonds is 7. The fraction of sp³-hybridized carbons (Fsp3) is 0.333. The highest BCUT2D eigenvalue weighted by atomic mass is 16.7. The first-order valence-corrected chi connectivity index (χ1v) is 11.8. The predicted molar refractivity (Wildman–Crippen MR) is 130 cm³/mol. The number of carbonyl (C=O) groups excluding carboxylic acids is 2. The summed E-state index contributed by atoms with van der Waals surface area (Å²) in [4.78, 5) is 33.3. The van der Waals surface area contributed by atoms with Crippen molar-refractivity contribution in [1.82, 2.24) is 15.5 Å². The van der Waals surface area contributed by atoms with Crippen LogP contribution in [0, 0.1) is 24.2 Å². The summed E-state index contributed by atoms with van der Waals surface area (Å²) in [5, 5.41) is 23.2. The first kappa shape index (κ1) is 24.9. The van der Waals surface area contributed by atoms with Crippen LogP contribution in [0.5, 0.6) is 5.75 Å². The molecule has 4 rings (SSSR count). The maximum Gasteiger partial charge on any atom is 0.275 e. The zero-order valence-corrected chi connectivity index (χ0v) is 20.3. The highest BCUT2D eigenvalue weighted by Crippen LogP contribution is 2.31. The Hall–Kier alpha value is -4.16. The average Bonchev–Trinajstić information content (AvgIpc) is 3.48. The summed E-state index contributed by atoms with van der Waals surface area (Å²) in [6.45, 7) is 5.61. The van der Waals surface area contributed by atoms with E-state index in [0.717, 1.165) is 11.1 Å². The highest BCUT2D eigenvalue weighted by molar-refractivity contribution is 5.91. The maximum atomic E-state index is 13.4. The van der Waals surface area contributed by atoms with Crippen LogP contribution in [-0.4, -0.2) is 45.7 Å². The van der Waals surface area contributed by atoms with Crippen molar-refractivity contribution in [3.8, 4) is 22.9 Å². The predicted octanol–water partition coefficient (Wildman–Crippen LogP) is 3.33. The molecule has 36 heavy (non-hydrogen) atoms. The number of likely N-dealkylation sites (tertiary alicyclic amines) is 1. The molecule has 0 bridgehead atoms. The van der Waals surface area contributed by atoms with Gasteiger partial charge in [0.25, 0.3) is 5.91 Å². The number of aliphatic hydroxyl groups excluding tert-OH is 1. The summed E-state index contributed by atoms with van der Waals surface area (Å²) >= 11 is 0. The molecule has 0 spiro atoms. The SMILES string of the molecule is Cc1cc([C@@H](C(=O)N2C[C@H](O)C[C@H]2C(=O)NOc2ccc(-c3cccc(C#N)c3)cc2)C(C)C)on1. The second kappa shape index (κ2) is 10.6. The zero-order valence-electron chi connectivity index (χ0n) is 20.3. The van der Waals surface area contributed by atoms with Crippen LogP contribution in [0.1, 0.15) is 43.2 Å². The van der Waals surface area contributed by atoms with Crippen molar-refractivity contribution in [3.05, 3.63) is 71.6 Å². The van der Waals surface area contributed by atoms with Gasteiger partial charge >= 0.3 is 0 Å². The molecule has 2 amide bonds. The number of aromatic nitrogens is 1. The van der Waals surface area contributed by atoms with Gasteiger partial charge in [-0.05, 0) is 48.2 Å². The van der Waals surface area contributed by atoms with Gasteiger partial charge in [0, 0.05) is 19.0 Å². The average molecular weight is 489 g/mol. The highest BCUT2D eigenvalue weighted by Gasteiger charge is 2.43. The number of β-amino-alcohol motifs (C(OH)–C–C–N with tert-alkyl or cyclic N) is 1. The molecule has 0 aliphatic carbocycles. The van der Waals surface area contributed by atoms with Gasteiger partial charge in [-0.2, -0.15) is 10.7 Å². The van der Waals surface area contributed by atoms with E-state index in [1.54, 1.807) is 37.3 Å². The van der Waals surface area contributed by atoms with Gasteiger partial charge < -0.3 is 19.4 Å². The molecule has 2 aromatic carbocycles. The number of carbonyl (C=O) groups is 2. The molecule has 0 unspecified atom stereocenters. The lowest BCUT2D eigenvalue weighted by atomic mass is 9.91. The number of nitrogens with zero attached hydrogens (tertiary/aromatic N) is 3. The lowest BCUT2D eigenvalue weighted by Gasteiger charge is -2.28. The number of hydrogen-bond donors (Lipinski definition) is 2. The molecule has 9 nitrogen and oxygen atoms in total. The van der Waals surface area contributed by atoms with E-state index in [4.69, 9.17) is 14.6 Å². The largest absolute Gasteiger partial charge is 0.391 e. The third kappa shape index (κ3) is 5.39. The van der Waals surface area contributed by atoms with Gasteiger partial charge in [-0.3, -0.25) is 9.59 Å². The minimum atomic E-state index is -0.884. The van der Waals surface area contributed by atoms with Crippen LogP contribution in [0.3, 0.4) is 0 Å². The lowest BCUT2D eigenvalue weighted by molar-refractivity contribution is -0.143. The number of benzene rings is 2. The Morgan fingerprint density at radius 2 is 1.94 bits per heavy atom. The van der Waals surface area contributed by atoms with E-state index in [1.165, 1.54) is 4.90 Å². The number of hydrogen-bond acceptors (Lipinski definition) is 7. The zero-order chi connectivity index (χ0) is 25.8. The van der Waals surface area contributed by atoms with Crippen molar-refractivity contribution >= 4 is 11.8 Å². The van der Waals surface area contributed by atoms with E-state index in [-0.39, 0.29) is 24.8 Å². The van der Waals surface area contributed by atoms with Crippen molar-refractivity contribution in [2.75, 3.05) is 6.54 Å². The Morgan fingerprint density at radius 1 is 1.19 bits per heavy atom. The number of aliphatic hydroxyl groups is 1. The van der Waals surface area contributed by atoms with E-state index < -0.39 is 24.0 Å². The minimum absolute atomic E-state index is 0.0454. The number of hydroxylamine groups is 1. The van der Waals surface area contributed by atoms with Crippen molar-refractivity contribution < 1.29 is 24.1 Å². The van der Waals surface area contributed by atoms with Crippen LogP contribution in [0.15, 0.2) is 59.1 Å². The smallest absolute Gasteiger partial charge is 0.275 e. The third-order valence-corrected chi connectivity index (χ3v) is 6.20. The quantitative estimate of drug-likeness (QED) is 0.488. The normalized spacial score (nSPS) is 18.1. The second-order valence-corrected chi connectivity index (χ2v) is 9.27. The Labute approximate surface area is 209 Å². The first-order valence-electron chi connectivity index (χ1n) is 11.8. The van der Waals surface area contributed by atoms with Crippen molar-refractivity contribution in [1.29, 1.82) is 5.26 Å². The summed E-state index contributed by atoms with van der Waals surface area (Å²) in [5.74, 6) is -0.722. The molecule has 3 atom stereocenters. The summed E-state index contributed by atoms with van der Waals surface area (Å²) in [6, 6.07) is 17.2. The van der Waals surface area contributed by atoms with Crippen molar-refractivity contribution in [2.24, 2.45) is 5.92 Å². The van der Waals surface area contributed by atoms with Crippen LogP contribution in [0.4, 0.5) is 0 Å². The topological polar surface area (TPSA) is 129 Å². The van der Waals surface area contributed by atoms with E-state index in [9.17, 15) is 14.7 Å². The third-order valence-electron chi connectivity index (χ3n) is 6.20. The molecule has 9 heteroatoms. The summed E-state index contributed by atoms with van der Waals surface area (Å²) in [7, 11) is 0. The second-order valence-electron chi connectivity index (χ2n) is 9.27. The molecule has 1 aromatic heterocycles. The fourth-order valence-electron chi connectivity index (χ4n) is 4.41. The van der Waals surface area contributed by atoms with Gasteiger partial charge in [0.15, 0.2) is 5.75 Å². The van der Waals surface area contributed by atoms with Gasteiger partial charge in [0.1, 0.15) is 17.7 Å². The Kier molecular flexibility index (Phi) is 7.36. The first-order chi connectivity index (χ1) is 17.3. The van der Waals surface area contributed by atoms with Gasteiger partial charge in [-0.15, -0.1) is 0 Å². The molecule has 3 aromatic rings. The van der Waals surface area contributed by atoms with E-state index in [0.29, 0.717) is 22.8 Å². The van der Waals surface area contributed by atoms with Crippen LogP contribution in [-0.2, 0) is 9.59 Å². The van der Waals surface area contributed by atoms with Gasteiger partial charge in [-0.25, -0.2) is 0 Å². The number of amides is 2. The van der Waals surface area contributed by atoms with Crippen LogP contribution in [0.25, 0.3) is 11.1 Å². The van der Waals surface area contributed by atoms with Crippen LogP contribution in [0.2, 0.25) is 0 Å². The minimum Gasteiger partial charge on any atom is -0.391 e. The molecule has 2 N–H and O–H groups in total. The Bertz CT molecular complexity index is 1280. The maximum absolute atomic E-state index is 13.4. The molecule has 186 valence electrons. The van der Waals surface area contributed by atoms with Gasteiger partial charge in [-0.1, -0.05) is 43.3 Å². The molecule has 1 fully saturated rings. The van der Waals surface area contributed by atoms with E-state index >= 15 is 0 Å². The molecular formula is C27H28N4O5. The summed E-state index contributed by atoms with van der Waals surface area (Å²) in [6.07, 6.45) is -0.715. The molecule has 2 heterocycles. The van der Waals surface area contributed by atoms with E-state index in [2.05, 4.69) is 16.7 Å². The molecular weight excluding hydrogens is 460 g/mol. The number of nitrogens with one attached hydrogen (secondary N) is 1. The molecule has 0 saturated carbocycles. The van der Waals surface area contributed by atoms with Gasteiger partial charge in [0.2, 0.25) is 5.91 Å². The molecule has 1 aliphatic rings. The Morgan fingerprint density at radius 3 is 2.58 bits per heavy atom. The van der Waals surface area contributed by atoms with Crippen molar-refractivity contribution in [3.63, 3.8) is 0 Å². The summed E-state index contributed by atoms with van der Waals surface area (Å²) < 4.78 is 5.35.